The van der Waals surface area contributed by atoms with Gasteiger partial charge in [0.25, 0.3) is 5.91 Å². The Hall–Kier alpha value is -1.29. The van der Waals surface area contributed by atoms with Crippen molar-refractivity contribution in [3.8, 4) is 0 Å². The zero-order chi connectivity index (χ0) is 8.55. The fraction of sp³-hybridized carbons (Fsp3) is 0.375. The van der Waals surface area contributed by atoms with E-state index in [1.807, 2.05) is 0 Å². The number of hydrogen-bond donors (Lipinski definition) is 2. The van der Waals surface area contributed by atoms with Gasteiger partial charge in [-0.1, -0.05) is 0 Å². The van der Waals surface area contributed by atoms with Crippen molar-refractivity contribution in [3.63, 3.8) is 0 Å². The molecular weight excluding hydrogens is 156 g/mol. The van der Waals surface area contributed by atoms with Gasteiger partial charge in [-0.05, 0) is 6.07 Å². The van der Waals surface area contributed by atoms with Crippen LogP contribution in [0.25, 0.3) is 0 Å². The van der Waals surface area contributed by atoms with E-state index < -0.39 is 0 Å². The molecule has 0 saturated heterocycles. The number of nitrogens with one attached hydrogen (secondary N) is 1. The van der Waals surface area contributed by atoms with Crippen LogP contribution in [0.3, 0.4) is 0 Å². The monoisotopic (exact) mass is 166 g/mol. The summed E-state index contributed by atoms with van der Waals surface area (Å²) in [6.07, 6.45) is 2.53. The van der Waals surface area contributed by atoms with Crippen LogP contribution < -0.4 is 5.32 Å². The van der Waals surface area contributed by atoms with Gasteiger partial charge in [0.15, 0.2) is 0 Å². The minimum absolute atomic E-state index is 0.0385. The maximum absolute atomic E-state index is 11.2. The second-order valence-electron chi connectivity index (χ2n) is 2.79. The average Bonchev–Trinajstić information content (AvgIpc) is 2.49. The lowest BCUT2D eigenvalue weighted by Gasteiger charge is -2.14. The van der Waals surface area contributed by atoms with E-state index in [0.717, 1.165) is 12.1 Å². The van der Waals surface area contributed by atoms with Gasteiger partial charge in [0.1, 0.15) is 6.73 Å². The van der Waals surface area contributed by atoms with Gasteiger partial charge in [0.2, 0.25) is 0 Å². The van der Waals surface area contributed by atoms with E-state index in [-0.39, 0.29) is 12.6 Å². The number of nitrogens with zero attached hydrogens (tertiary/aromatic N) is 1. The van der Waals surface area contributed by atoms with Gasteiger partial charge >= 0.3 is 0 Å². The van der Waals surface area contributed by atoms with E-state index in [0.29, 0.717) is 12.1 Å². The lowest BCUT2D eigenvalue weighted by atomic mass is 10.1. The number of fused-ring (bicyclic) bond motifs is 1. The molecule has 2 N–H and O–H groups in total. The summed E-state index contributed by atoms with van der Waals surface area (Å²) >= 11 is 0. The van der Waals surface area contributed by atoms with Crippen molar-refractivity contribution >= 4 is 5.91 Å². The molecule has 0 saturated carbocycles. The van der Waals surface area contributed by atoms with E-state index in [9.17, 15) is 4.79 Å². The van der Waals surface area contributed by atoms with Crippen molar-refractivity contribution in [2.24, 2.45) is 0 Å². The molecule has 0 atom stereocenters. The Labute approximate surface area is 69.8 Å². The third-order valence-corrected chi connectivity index (χ3v) is 2.12. The summed E-state index contributed by atoms with van der Waals surface area (Å²) in [6.45, 7) is 0.610. The molecule has 0 aliphatic carbocycles. The Kier molecular flexibility index (Phi) is 1.62. The zero-order valence-corrected chi connectivity index (χ0v) is 6.58. The van der Waals surface area contributed by atoms with Crippen LogP contribution in [-0.2, 0) is 13.2 Å². The third-order valence-electron chi connectivity index (χ3n) is 2.12. The van der Waals surface area contributed by atoms with Gasteiger partial charge in [-0.15, -0.1) is 0 Å². The van der Waals surface area contributed by atoms with Crippen LogP contribution in [0, 0.1) is 0 Å². The second-order valence-corrected chi connectivity index (χ2v) is 2.79. The van der Waals surface area contributed by atoms with Crippen molar-refractivity contribution < 1.29 is 9.90 Å². The number of aliphatic hydroxyl groups is 1. The van der Waals surface area contributed by atoms with Crippen molar-refractivity contribution in [1.29, 1.82) is 0 Å². The second kappa shape index (κ2) is 2.64. The van der Waals surface area contributed by atoms with Crippen molar-refractivity contribution in [2.45, 2.75) is 13.2 Å². The van der Waals surface area contributed by atoms with Gasteiger partial charge in [-0.25, -0.2) is 0 Å². The molecule has 4 nitrogen and oxygen atoms in total. The normalized spacial score (nSPS) is 15.6. The van der Waals surface area contributed by atoms with Crippen molar-refractivity contribution in [2.75, 3.05) is 6.54 Å². The molecule has 0 aromatic carbocycles. The molecule has 4 heteroatoms. The maximum atomic E-state index is 11.2. The molecule has 12 heavy (non-hydrogen) atoms. The predicted octanol–water partition coefficient (Wildman–Crippen LogP) is -0.276. The van der Waals surface area contributed by atoms with Crippen LogP contribution in [0.15, 0.2) is 12.3 Å². The van der Waals surface area contributed by atoms with E-state index in [1.54, 1.807) is 16.8 Å². The number of rotatable bonds is 1. The Balaban J connectivity index is 2.48. The van der Waals surface area contributed by atoms with E-state index in [4.69, 9.17) is 5.11 Å². The summed E-state index contributed by atoms with van der Waals surface area (Å²) in [4.78, 5) is 11.2. The number of aromatic nitrogens is 1. The standard InChI is InChI=1S/C8H10N2O2/c11-5-10-4-2-6-7(10)1-3-9-8(6)12/h2,4,11H,1,3,5H2,(H,9,12). The molecule has 0 bridgehead atoms. The largest absolute Gasteiger partial charge is 0.376 e. The minimum atomic E-state index is -0.0530. The quantitative estimate of drug-likeness (QED) is 0.603. The van der Waals surface area contributed by atoms with Crippen molar-refractivity contribution in [3.05, 3.63) is 23.5 Å². The van der Waals surface area contributed by atoms with Crippen molar-refractivity contribution in [1.82, 2.24) is 9.88 Å². The van der Waals surface area contributed by atoms with Crippen LogP contribution in [0.2, 0.25) is 0 Å². The third kappa shape index (κ3) is 0.921. The molecule has 1 amide bonds. The number of hydrogen-bond acceptors (Lipinski definition) is 2. The fourth-order valence-corrected chi connectivity index (χ4v) is 1.51. The Bertz CT molecular complexity index is 317. The first-order valence-corrected chi connectivity index (χ1v) is 3.90. The van der Waals surface area contributed by atoms with E-state index in [1.165, 1.54) is 0 Å². The molecule has 0 fully saturated rings. The molecule has 1 aliphatic rings. The zero-order valence-electron chi connectivity index (χ0n) is 6.58. The number of carbonyl (C=O) groups is 1. The highest BCUT2D eigenvalue weighted by atomic mass is 16.3. The molecule has 0 spiro atoms. The van der Waals surface area contributed by atoms with Crippen LogP contribution in [-0.4, -0.2) is 22.1 Å². The molecule has 64 valence electrons. The number of amides is 1. The minimum Gasteiger partial charge on any atom is -0.376 e. The Morgan fingerprint density at radius 3 is 3.25 bits per heavy atom. The maximum Gasteiger partial charge on any atom is 0.253 e. The Morgan fingerprint density at radius 2 is 2.50 bits per heavy atom. The summed E-state index contributed by atoms with van der Waals surface area (Å²) < 4.78 is 1.69. The van der Waals surface area contributed by atoms with Crippen LogP contribution in [0.1, 0.15) is 16.1 Å². The highest BCUT2D eigenvalue weighted by Gasteiger charge is 2.19. The highest BCUT2D eigenvalue weighted by Crippen LogP contribution is 2.14. The van der Waals surface area contributed by atoms with Crippen LogP contribution >= 0.6 is 0 Å². The smallest absolute Gasteiger partial charge is 0.253 e. The molecule has 2 rings (SSSR count). The molecule has 1 aromatic heterocycles. The first kappa shape index (κ1) is 7.36. The fourth-order valence-electron chi connectivity index (χ4n) is 1.51. The Morgan fingerprint density at radius 1 is 1.67 bits per heavy atom. The lowest BCUT2D eigenvalue weighted by molar-refractivity contribution is 0.0944. The molecule has 0 unspecified atom stereocenters. The summed E-state index contributed by atoms with van der Waals surface area (Å²) in [7, 11) is 0. The van der Waals surface area contributed by atoms with Crippen LogP contribution in [0.4, 0.5) is 0 Å². The SMILES string of the molecule is O=C1NCCc2c1ccn2CO. The van der Waals surface area contributed by atoms with Gasteiger partial charge in [0.05, 0.1) is 5.56 Å². The summed E-state index contributed by atoms with van der Waals surface area (Å²) in [6, 6.07) is 1.74. The molecule has 0 radical (unpaired) electrons. The average molecular weight is 166 g/mol. The van der Waals surface area contributed by atoms with Crippen LogP contribution in [0.5, 0.6) is 0 Å². The number of carbonyl (C=O) groups excluding carboxylic acids is 1. The summed E-state index contributed by atoms with van der Waals surface area (Å²) in [5.41, 5.74) is 1.62. The topological polar surface area (TPSA) is 54.3 Å². The molecule has 1 aliphatic heterocycles. The van der Waals surface area contributed by atoms with E-state index in [2.05, 4.69) is 5.32 Å². The van der Waals surface area contributed by atoms with Gasteiger partial charge < -0.3 is 15.0 Å². The molecule has 1 aromatic rings. The van der Waals surface area contributed by atoms with Gasteiger partial charge in [-0.3, -0.25) is 4.79 Å². The lowest BCUT2D eigenvalue weighted by Crippen LogP contribution is -2.32. The predicted molar refractivity (Wildman–Crippen MR) is 42.7 cm³/mol. The first-order chi connectivity index (χ1) is 5.83. The van der Waals surface area contributed by atoms with Gasteiger partial charge in [-0.2, -0.15) is 0 Å². The molecular formula is C8H10N2O2. The highest BCUT2D eigenvalue weighted by molar-refractivity contribution is 5.96. The summed E-state index contributed by atoms with van der Waals surface area (Å²) in [5.74, 6) is -0.0385. The first-order valence-electron chi connectivity index (χ1n) is 3.90. The van der Waals surface area contributed by atoms with E-state index >= 15 is 0 Å². The van der Waals surface area contributed by atoms with Gasteiger partial charge in [0, 0.05) is 24.9 Å². The summed E-state index contributed by atoms with van der Waals surface area (Å²) in [5, 5.41) is 11.6. The number of aliphatic hydroxyl groups excluding tert-OH is 1. The molecule has 2 heterocycles.